The van der Waals surface area contributed by atoms with E-state index in [4.69, 9.17) is 4.74 Å². The summed E-state index contributed by atoms with van der Waals surface area (Å²) in [5, 5.41) is 2.71. The summed E-state index contributed by atoms with van der Waals surface area (Å²) in [6, 6.07) is 3.86. The van der Waals surface area contributed by atoms with Crippen LogP contribution in [-0.2, 0) is 16.0 Å². The van der Waals surface area contributed by atoms with Crippen LogP contribution in [0.4, 0.5) is 0 Å². The Morgan fingerprint density at radius 3 is 3.19 bits per heavy atom. The standard InChI is InChI=1S/C11H12N2O2S/c1-2-15-11(14)6-10-13-9(7-16-10)8-4-3-5-12-8/h3-5,7,12H,2,6H2,1H3. The Bertz CT molecular complexity index is 462. The highest BCUT2D eigenvalue weighted by atomic mass is 32.1. The molecule has 4 nitrogen and oxygen atoms in total. The molecule has 0 radical (unpaired) electrons. The summed E-state index contributed by atoms with van der Waals surface area (Å²) in [6.07, 6.45) is 2.10. The summed E-state index contributed by atoms with van der Waals surface area (Å²) >= 11 is 1.47. The fourth-order valence-electron chi connectivity index (χ4n) is 1.34. The third-order valence-corrected chi connectivity index (χ3v) is 2.88. The first kappa shape index (κ1) is 10.9. The second-order valence-corrected chi connectivity index (χ2v) is 4.13. The molecule has 2 aromatic rings. The van der Waals surface area contributed by atoms with Gasteiger partial charge in [0, 0.05) is 11.6 Å². The van der Waals surface area contributed by atoms with E-state index in [1.54, 1.807) is 6.92 Å². The van der Waals surface area contributed by atoms with Crippen molar-refractivity contribution in [2.24, 2.45) is 0 Å². The minimum atomic E-state index is -0.227. The van der Waals surface area contributed by atoms with E-state index in [2.05, 4.69) is 9.97 Å². The molecule has 0 bridgehead atoms. The molecule has 0 amide bonds. The van der Waals surface area contributed by atoms with Crippen LogP contribution < -0.4 is 0 Å². The maximum absolute atomic E-state index is 11.2. The number of esters is 1. The van der Waals surface area contributed by atoms with Crippen LogP contribution in [0.1, 0.15) is 11.9 Å². The van der Waals surface area contributed by atoms with Crippen LogP contribution in [0.3, 0.4) is 0 Å². The Morgan fingerprint density at radius 1 is 1.62 bits per heavy atom. The van der Waals surface area contributed by atoms with E-state index in [0.29, 0.717) is 6.61 Å². The molecule has 0 aliphatic rings. The lowest BCUT2D eigenvalue weighted by molar-refractivity contribution is -0.142. The number of carbonyl (C=O) groups is 1. The van der Waals surface area contributed by atoms with Gasteiger partial charge < -0.3 is 9.72 Å². The molecule has 0 saturated heterocycles. The number of nitrogens with one attached hydrogen (secondary N) is 1. The van der Waals surface area contributed by atoms with Crippen molar-refractivity contribution in [3.63, 3.8) is 0 Å². The van der Waals surface area contributed by atoms with Crippen molar-refractivity contribution in [3.8, 4) is 11.4 Å². The molecular weight excluding hydrogens is 224 g/mol. The van der Waals surface area contributed by atoms with Crippen LogP contribution in [0.5, 0.6) is 0 Å². The van der Waals surface area contributed by atoms with E-state index in [1.165, 1.54) is 11.3 Å². The zero-order valence-electron chi connectivity index (χ0n) is 8.90. The smallest absolute Gasteiger partial charge is 0.312 e. The van der Waals surface area contributed by atoms with E-state index in [0.717, 1.165) is 16.4 Å². The van der Waals surface area contributed by atoms with Gasteiger partial charge in [0.25, 0.3) is 0 Å². The molecule has 2 heterocycles. The van der Waals surface area contributed by atoms with Gasteiger partial charge in [0.15, 0.2) is 0 Å². The number of rotatable bonds is 4. The lowest BCUT2D eigenvalue weighted by Gasteiger charge is -1.97. The highest BCUT2D eigenvalue weighted by Crippen LogP contribution is 2.20. The van der Waals surface area contributed by atoms with Gasteiger partial charge in [-0.25, -0.2) is 4.98 Å². The second-order valence-electron chi connectivity index (χ2n) is 3.19. The van der Waals surface area contributed by atoms with Gasteiger partial charge in [0.05, 0.1) is 24.4 Å². The van der Waals surface area contributed by atoms with E-state index >= 15 is 0 Å². The molecule has 5 heteroatoms. The molecule has 2 rings (SSSR count). The number of thiazole rings is 1. The Labute approximate surface area is 97.3 Å². The third kappa shape index (κ3) is 2.49. The minimum Gasteiger partial charge on any atom is -0.466 e. The van der Waals surface area contributed by atoms with Crippen LogP contribution in [0.15, 0.2) is 23.7 Å². The Morgan fingerprint density at radius 2 is 2.50 bits per heavy atom. The molecule has 0 aliphatic heterocycles. The molecule has 84 valence electrons. The van der Waals surface area contributed by atoms with Crippen LogP contribution in [0, 0.1) is 0 Å². The fraction of sp³-hybridized carbons (Fsp3) is 0.273. The number of ether oxygens (including phenoxy) is 1. The van der Waals surface area contributed by atoms with E-state index in [-0.39, 0.29) is 12.4 Å². The predicted octanol–water partition coefficient (Wildman–Crippen LogP) is 2.24. The number of hydrogen-bond acceptors (Lipinski definition) is 4. The molecule has 0 saturated carbocycles. The van der Waals surface area contributed by atoms with Crippen LogP contribution >= 0.6 is 11.3 Å². The topological polar surface area (TPSA) is 55.0 Å². The van der Waals surface area contributed by atoms with Crippen molar-refractivity contribution in [2.45, 2.75) is 13.3 Å². The fourth-order valence-corrected chi connectivity index (χ4v) is 2.12. The lowest BCUT2D eigenvalue weighted by atomic mass is 10.3. The largest absolute Gasteiger partial charge is 0.466 e. The first-order valence-corrected chi connectivity index (χ1v) is 5.91. The highest BCUT2D eigenvalue weighted by molar-refractivity contribution is 7.10. The molecule has 0 spiro atoms. The number of H-pyrrole nitrogens is 1. The average Bonchev–Trinajstić information content (AvgIpc) is 2.86. The maximum atomic E-state index is 11.2. The lowest BCUT2D eigenvalue weighted by Crippen LogP contribution is -2.07. The first-order chi connectivity index (χ1) is 7.79. The summed E-state index contributed by atoms with van der Waals surface area (Å²) in [4.78, 5) is 18.7. The van der Waals surface area contributed by atoms with Crippen molar-refractivity contribution in [1.29, 1.82) is 0 Å². The Hall–Kier alpha value is -1.62. The monoisotopic (exact) mass is 236 g/mol. The van der Waals surface area contributed by atoms with Gasteiger partial charge in [-0.15, -0.1) is 11.3 Å². The molecular formula is C11H12N2O2S. The van der Waals surface area contributed by atoms with Gasteiger partial charge in [-0.2, -0.15) is 0 Å². The van der Waals surface area contributed by atoms with E-state index in [9.17, 15) is 4.79 Å². The zero-order chi connectivity index (χ0) is 11.4. The van der Waals surface area contributed by atoms with Crippen molar-refractivity contribution in [1.82, 2.24) is 9.97 Å². The molecule has 1 N–H and O–H groups in total. The SMILES string of the molecule is CCOC(=O)Cc1nc(-c2ccc[nH]2)cs1. The number of hydrogen-bond donors (Lipinski definition) is 1. The summed E-state index contributed by atoms with van der Waals surface area (Å²) in [6.45, 7) is 2.21. The van der Waals surface area contributed by atoms with Crippen molar-refractivity contribution < 1.29 is 9.53 Å². The molecule has 0 aliphatic carbocycles. The molecule has 0 aromatic carbocycles. The van der Waals surface area contributed by atoms with Gasteiger partial charge in [-0.1, -0.05) is 0 Å². The summed E-state index contributed by atoms with van der Waals surface area (Å²) in [5.74, 6) is -0.227. The maximum Gasteiger partial charge on any atom is 0.312 e. The van der Waals surface area contributed by atoms with Crippen molar-refractivity contribution in [2.75, 3.05) is 6.61 Å². The average molecular weight is 236 g/mol. The summed E-state index contributed by atoms with van der Waals surface area (Å²) in [5.41, 5.74) is 1.83. The molecule has 2 aromatic heterocycles. The van der Waals surface area contributed by atoms with Gasteiger partial charge in [-0.3, -0.25) is 4.79 Å². The molecule has 0 atom stereocenters. The summed E-state index contributed by atoms with van der Waals surface area (Å²) < 4.78 is 4.87. The third-order valence-electron chi connectivity index (χ3n) is 2.03. The first-order valence-electron chi connectivity index (χ1n) is 5.03. The van der Waals surface area contributed by atoms with Gasteiger partial charge >= 0.3 is 5.97 Å². The van der Waals surface area contributed by atoms with Crippen LogP contribution in [-0.4, -0.2) is 22.5 Å². The van der Waals surface area contributed by atoms with Gasteiger partial charge in [0.1, 0.15) is 5.01 Å². The van der Waals surface area contributed by atoms with Crippen molar-refractivity contribution >= 4 is 17.3 Å². The van der Waals surface area contributed by atoms with E-state index in [1.807, 2.05) is 23.7 Å². The Balaban J connectivity index is 2.06. The van der Waals surface area contributed by atoms with E-state index < -0.39 is 0 Å². The summed E-state index contributed by atoms with van der Waals surface area (Å²) in [7, 11) is 0. The molecule has 0 fully saturated rings. The Kier molecular flexibility index (Phi) is 3.36. The number of aromatic nitrogens is 2. The quantitative estimate of drug-likeness (QED) is 0.828. The predicted molar refractivity (Wildman–Crippen MR) is 62.2 cm³/mol. The number of aromatic amines is 1. The second kappa shape index (κ2) is 4.94. The number of nitrogens with zero attached hydrogens (tertiary/aromatic N) is 1. The minimum absolute atomic E-state index is 0.227. The van der Waals surface area contributed by atoms with Gasteiger partial charge in [0.2, 0.25) is 0 Å². The van der Waals surface area contributed by atoms with Gasteiger partial charge in [-0.05, 0) is 19.1 Å². The zero-order valence-corrected chi connectivity index (χ0v) is 9.71. The van der Waals surface area contributed by atoms with Crippen LogP contribution in [0.2, 0.25) is 0 Å². The van der Waals surface area contributed by atoms with Crippen molar-refractivity contribution in [3.05, 3.63) is 28.7 Å². The number of carbonyl (C=O) groups excluding carboxylic acids is 1. The highest BCUT2D eigenvalue weighted by Gasteiger charge is 2.09. The molecule has 0 unspecified atom stereocenters. The normalized spacial score (nSPS) is 10.3. The molecule has 16 heavy (non-hydrogen) atoms. The van der Waals surface area contributed by atoms with Crippen LogP contribution in [0.25, 0.3) is 11.4 Å².